The fourth-order valence-corrected chi connectivity index (χ4v) is 2.00. The van der Waals surface area contributed by atoms with E-state index in [1.165, 1.54) is 18.2 Å². The van der Waals surface area contributed by atoms with Crippen LogP contribution in [0, 0.1) is 17.0 Å². The number of benzene rings is 1. The third kappa shape index (κ3) is 3.57. The Labute approximate surface area is 122 Å². The zero-order valence-corrected chi connectivity index (χ0v) is 11.9. The molecule has 1 aromatic carbocycles. The van der Waals surface area contributed by atoms with E-state index in [1.54, 1.807) is 13.1 Å². The number of ether oxygens (including phenoxy) is 1. The Balaban J connectivity index is 2.08. The molecule has 1 aromatic heterocycles. The zero-order valence-electron chi connectivity index (χ0n) is 11.9. The molecule has 2 aromatic rings. The summed E-state index contributed by atoms with van der Waals surface area (Å²) in [6.07, 6.45) is 2.72. The van der Waals surface area contributed by atoms with Gasteiger partial charge in [0.1, 0.15) is 18.2 Å². The molecule has 7 heteroatoms. The van der Waals surface area contributed by atoms with E-state index in [-0.39, 0.29) is 5.69 Å². The molecular weight excluding hydrogens is 274 g/mol. The molecule has 7 nitrogen and oxygen atoms in total. The summed E-state index contributed by atoms with van der Waals surface area (Å²) < 4.78 is 7.57. The summed E-state index contributed by atoms with van der Waals surface area (Å²) in [5.74, 6) is 1.34. The lowest BCUT2D eigenvalue weighted by molar-refractivity contribution is -0.385. The van der Waals surface area contributed by atoms with Gasteiger partial charge < -0.3 is 14.4 Å². The first kappa shape index (κ1) is 15.0. The number of aliphatic hydroxyl groups excluding tert-OH is 1. The molecule has 0 saturated heterocycles. The Morgan fingerprint density at radius 2 is 2.29 bits per heavy atom. The molecule has 21 heavy (non-hydrogen) atoms. The maximum atomic E-state index is 10.8. The van der Waals surface area contributed by atoms with E-state index in [0.29, 0.717) is 24.5 Å². The van der Waals surface area contributed by atoms with Crippen LogP contribution in [0.3, 0.4) is 0 Å². The summed E-state index contributed by atoms with van der Waals surface area (Å²) >= 11 is 0. The summed E-state index contributed by atoms with van der Waals surface area (Å²) in [6, 6.07) is 4.22. The highest BCUT2D eigenvalue weighted by molar-refractivity contribution is 5.44. The van der Waals surface area contributed by atoms with Crippen molar-refractivity contribution < 1.29 is 14.8 Å². The van der Waals surface area contributed by atoms with Crippen molar-refractivity contribution >= 4 is 5.69 Å². The van der Waals surface area contributed by atoms with Crippen LogP contribution in [0.4, 0.5) is 5.69 Å². The highest BCUT2D eigenvalue weighted by Crippen LogP contribution is 2.29. The molecule has 0 spiro atoms. The van der Waals surface area contributed by atoms with Crippen LogP contribution in [-0.2, 0) is 6.54 Å². The number of aliphatic hydroxyl groups is 1. The first-order chi connectivity index (χ1) is 9.99. The molecule has 0 radical (unpaired) electrons. The van der Waals surface area contributed by atoms with E-state index >= 15 is 0 Å². The minimum atomic E-state index is -0.838. The Bertz CT molecular complexity index is 637. The van der Waals surface area contributed by atoms with Crippen LogP contribution in [0.25, 0.3) is 0 Å². The highest BCUT2D eigenvalue weighted by atomic mass is 16.6. The first-order valence-electron chi connectivity index (χ1n) is 6.56. The molecule has 1 heterocycles. The molecule has 0 fully saturated rings. The van der Waals surface area contributed by atoms with E-state index in [9.17, 15) is 15.2 Å². The van der Waals surface area contributed by atoms with Gasteiger partial charge in [0.25, 0.3) is 5.69 Å². The van der Waals surface area contributed by atoms with E-state index in [1.807, 2.05) is 17.7 Å². The maximum Gasteiger partial charge on any atom is 0.270 e. The van der Waals surface area contributed by atoms with Gasteiger partial charge >= 0.3 is 0 Å². The van der Waals surface area contributed by atoms with Crippen molar-refractivity contribution in [3.8, 4) is 5.75 Å². The van der Waals surface area contributed by atoms with Gasteiger partial charge in [0.15, 0.2) is 0 Å². The van der Waals surface area contributed by atoms with Crippen LogP contribution in [0.15, 0.2) is 30.6 Å². The minimum absolute atomic E-state index is 0.0660. The topological polar surface area (TPSA) is 90.4 Å². The standard InChI is InChI=1S/C14H17N3O4/c1-10(18)13-9-12(17(19)20)3-4-14(13)21-8-7-16-6-5-15-11(16)2/h3-6,9-10,18H,7-8H2,1-2H3. The average Bonchev–Trinajstić information content (AvgIpc) is 2.84. The predicted molar refractivity (Wildman–Crippen MR) is 76.2 cm³/mol. The summed E-state index contributed by atoms with van der Waals surface area (Å²) in [5.41, 5.74) is 0.343. The Morgan fingerprint density at radius 3 is 2.86 bits per heavy atom. The molecule has 112 valence electrons. The second kappa shape index (κ2) is 6.36. The number of aryl methyl sites for hydroxylation is 1. The van der Waals surface area contributed by atoms with Crippen molar-refractivity contribution in [3.63, 3.8) is 0 Å². The van der Waals surface area contributed by atoms with Crippen molar-refractivity contribution in [1.82, 2.24) is 9.55 Å². The van der Waals surface area contributed by atoms with E-state index in [0.717, 1.165) is 5.82 Å². The van der Waals surface area contributed by atoms with E-state index in [2.05, 4.69) is 4.98 Å². The lowest BCUT2D eigenvalue weighted by Crippen LogP contribution is -2.10. The number of nitro benzene ring substituents is 1. The van der Waals surface area contributed by atoms with Gasteiger partial charge in [0, 0.05) is 30.1 Å². The molecule has 1 unspecified atom stereocenters. The van der Waals surface area contributed by atoms with Gasteiger partial charge in [-0.2, -0.15) is 0 Å². The van der Waals surface area contributed by atoms with Crippen LogP contribution in [-0.4, -0.2) is 26.2 Å². The number of rotatable bonds is 6. The number of nitro groups is 1. The first-order valence-corrected chi connectivity index (χ1v) is 6.56. The van der Waals surface area contributed by atoms with Crippen molar-refractivity contribution in [2.75, 3.05) is 6.61 Å². The van der Waals surface area contributed by atoms with Gasteiger partial charge in [-0.1, -0.05) is 0 Å². The molecule has 0 bridgehead atoms. The molecule has 2 rings (SSSR count). The third-order valence-electron chi connectivity index (χ3n) is 3.17. The summed E-state index contributed by atoms with van der Waals surface area (Å²) in [6.45, 7) is 4.44. The second-order valence-electron chi connectivity index (χ2n) is 4.67. The summed E-state index contributed by atoms with van der Waals surface area (Å²) in [5, 5.41) is 20.5. The van der Waals surface area contributed by atoms with Crippen LogP contribution in [0.2, 0.25) is 0 Å². The van der Waals surface area contributed by atoms with Gasteiger partial charge in [0.2, 0.25) is 0 Å². The number of aromatic nitrogens is 2. The van der Waals surface area contributed by atoms with Gasteiger partial charge in [0.05, 0.1) is 17.6 Å². The number of imidazole rings is 1. The van der Waals surface area contributed by atoms with Crippen molar-refractivity contribution in [2.45, 2.75) is 26.5 Å². The molecule has 0 amide bonds. The molecule has 1 atom stereocenters. The van der Waals surface area contributed by atoms with E-state index in [4.69, 9.17) is 4.74 Å². The number of nitrogens with zero attached hydrogens (tertiary/aromatic N) is 3. The van der Waals surface area contributed by atoms with Crippen LogP contribution in [0.5, 0.6) is 5.75 Å². The summed E-state index contributed by atoms with van der Waals surface area (Å²) in [4.78, 5) is 14.4. The van der Waals surface area contributed by atoms with Gasteiger partial charge in [-0.25, -0.2) is 4.98 Å². The summed E-state index contributed by atoms with van der Waals surface area (Å²) in [7, 11) is 0. The van der Waals surface area contributed by atoms with Crippen LogP contribution in [0.1, 0.15) is 24.4 Å². The van der Waals surface area contributed by atoms with Crippen molar-refractivity contribution in [3.05, 3.63) is 52.1 Å². The monoisotopic (exact) mass is 291 g/mol. The molecule has 0 aliphatic carbocycles. The minimum Gasteiger partial charge on any atom is -0.491 e. The predicted octanol–water partition coefficient (Wildman–Crippen LogP) is 2.23. The Kier molecular flexibility index (Phi) is 4.54. The molecule has 0 aliphatic heterocycles. The normalized spacial score (nSPS) is 12.1. The smallest absolute Gasteiger partial charge is 0.270 e. The lowest BCUT2D eigenvalue weighted by Gasteiger charge is -2.14. The molecule has 1 N–H and O–H groups in total. The Hall–Kier alpha value is -2.41. The van der Waals surface area contributed by atoms with Crippen LogP contribution >= 0.6 is 0 Å². The SMILES string of the molecule is Cc1nccn1CCOc1ccc([N+](=O)[O-])cc1C(C)O. The second-order valence-corrected chi connectivity index (χ2v) is 4.67. The highest BCUT2D eigenvalue weighted by Gasteiger charge is 2.15. The zero-order chi connectivity index (χ0) is 15.4. The number of hydrogen-bond acceptors (Lipinski definition) is 5. The maximum absolute atomic E-state index is 10.8. The van der Waals surface area contributed by atoms with Crippen molar-refractivity contribution in [1.29, 1.82) is 0 Å². The largest absolute Gasteiger partial charge is 0.491 e. The molecule has 0 aliphatic rings. The fraction of sp³-hybridized carbons (Fsp3) is 0.357. The van der Waals surface area contributed by atoms with E-state index < -0.39 is 11.0 Å². The quantitative estimate of drug-likeness (QED) is 0.651. The number of hydrogen-bond donors (Lipinski definition) is 1. The van der Waals surface area contributed by atoms with Gasteiger partial charge in [-0.05, 0) is 19.9 Å². The van der Waals surface area contributed by atoms with Crippen LogP contribution < -0.4 is 4.74 Å². The third-order valence-corrected chi connectivity index (χ3v) is 3.17. The molecule has 0 saturated carbocycles. The fourth-order valence-electron chi connectivity index (χ4n) is 2.00. The lowest BCUT2D eigenvalue weighted by atomic mass is 10.1. The van der Waals surface area contributed by atoms with Gasteiger partial charge in [-0.15, -0.1) is 0 Å². The number of non-ortho nitro benzene ring substituents is 1. The molecular formula is C14H17N3O4. The Morgan fingerprint density at radius 1 is 1.52 bits per heavy atom. The average molecular weight is 291 g/mol. The van der Waals surface area contributed by atoms with Gasteiger partial charge in [-0.3, -0.25) is 10.1 Å². The van der Waals surface area contributed by atoms with Crippen molar-refractivity contribution in [2.24, 2.45) is 0 Å².